The van der Waals surface area contributed by atoms with E-state index in [0.29, 0.717) is 16.0 Å². The first-order valence-electron chi connectivity index (χ1n) is 8.55. The second-order valence-electron chi connectivity index (χ2n) is 6.14. The summed E-state index contributed by atoms with van der Waals surface area (Å²) in [6, 6.07) is 21.4. The topological polar surface area (TPSA) is 51.5 Å². The van der Waals surface area contributed by atoms with Crippen LogP contribution < -0.4 is 10.1 Å². The minimum Gasteiger partial charge on any atom is -0.486 e. The smallest absolute Gasteiger partial charge is 0.291 e. The van der Waals surface area contributed by atoms with E-state index in [-0.39, 0.29) is 18.1 Å². The Balaban J connectivity index is 1.41. The number of furan rings is 1. The van der Waals surface area contributed by atoms with Gasteiger partial charge in [-0.15, -0.1) is 0 Å². The third-order valence-corrected chi connectivity index (χ3v) is 4.66. The molecule has 6 heteroatoms. The van der Waals surface area contributed by atoms with Gasteiger partial charge in [0, 0.05) is 4.47 Å². The fourth-order valence-corrected chi connectivity index (χ4v) is 3.10. The lowest BCUT2D eigenvalue weighted by atomic mass is 10.1. The van der Waals surface area contributed by atoms with Crippen LogP contribution in [0.2, 0.25) is 0 Å². The van der Waals surface area contributed by atoms with Gasteiger partial charge in [0.2, 0.25) is 0 Å². The predicted molar refractivity (Wildman–Crippen MR) is 109 cm³/mol. The Bertz CT molecular complexity index is 1160. The summed E-state index contributed by atoms with van der Waals surface area (Å²) >= 11 is 3.18. The fraction of sp³-hybridized carbons (Fsp3) is 0.0455. The Kier molecular flexibility index (Phi) is 5.12. The summed E-state index contributed by atoms with van der Waals surface area (Å²) in [6.07, 6.45) is 0. The molecule has 4 nitrogen and oxygen atoms in total. The molecule has 1 aromatic heterocycles. The van der Waals surface area contributed by atoms with Gasteiger partial charge >= 0.3 is 0 Å². The standard InChI is InChI=1S/C22H15BrFNO3/c23-16-6-9-20(19(24)12-16)25-22(26)21-10-8-18(28-21)13-27-17-7-5-14-3-1-2-4-15(14)11-17/h1-12H,13H2,(H,25,26). The van der Waals surface area contributed by atoms with Gasteiger partial charge < -0.3 is 14.5 Å². The van der Waals surface area contributed by atoms with Gasteiger partial charge in [-0.1, -0.05) is 46.3 Å². The van der Waals surface area contributed by atoms with E-state index in [1.807, 2.05) is 42.5 Å². The minimum atomic E-state index is -0.533. The number of halogens is 2. The van der Waals surface area contributed by atoms with Crippen LogP contribution in [0.15, 0.2) is 81.7 Å². The number of hydrogen-bond acceptors (Lipinski definition) is 3. The number of ether oxygens (including phenoxy) is 1. The van der Waals surface area contributed by atoms with Crippen molar-refractivity contribution in [1.29, 1.82) is 0 Å². The average Bonchev–Trinajstić information content (AvgIpc) is 3.17. The second kappa shape index (κ2) is 7.86. The van der Waals surface area contributed by atoms with Crippen molar-refractivity contribution < 1.29 is 18.3 Å². The fourth-order valence-electron chi connectivity index (χ4n) is 2.76. The van der Waals surface area contributed by atoms with E-state index in [1.165, 1.54) is 18.2 Å². The summed E-state index contributed by atoms with van der Waals surface area (Å²) in [5.74, 6) is 0.222. The molecule has 1 N–H and O–H groups in total. The average molecular weight is 440 g/mol. The molecule has 0 atom stereocenters. The Morgan fingerprint density at radius 2 is 1.82 bits per heavy atom. The minimum absolute atomic E-state index is 0.0820. The molecule has 1 heterocycles. The number of nitrogens with one attached hydrogen (secondary N) is 1. The molecule has 0 fully saturated rings. The van der Waals surface area contributed by atoms with Crippen molar-refractivity contribution in [2.75, 3.05) is 5.32 Å². The van der Waals surface area contributed by atoms with E-state index < -0.39 is 11.7 Å². The molecular weight excluding hydrogens is 425 g/mol. The van der Waals surface area contributed by atoms with E-state index in [4.69, 9.17) is 9.15 Å². The lowest BCUT2D eigenvalue weighted by Gasteiger charge is -2.06. The van der Waals surface area contributed by atoms with Gasteiger partial charge in [0.1, 0.15) is 23.9 Å². The molecule has 0 unspecified atom stereocenters. The summed E-state index contributed by atoms with van der Waals surface area (Å²) < 4.78 is 25.7. The Hall–Kier alpha value is -3.12. The van der Waals surface area contributed by atoms with Crippen LogP contribution >= 0.6 is 15.9 Å². The largest absolute Gasteiger partial charge is 0.486 e. The molecule has 1 amide bonds. The zero-order valence-electron chi connectivity index (χ0n) is 14.6. The first-order valence-corrected chi connectivity index (χ1v) is 9.34. The van der Waals surface area contributed by atoms with Crippen LogP contribution in [0, 0.1) is 5.82 Å². The van der Waals surface area contributed by atoms with Crippen LogP contribution in [0.5, 0.6) is 5.75 Å². The summed E-state index contributed by atoms with van der Waals surface area (Å²) in [5.41, 5.74) is 0.0820. The molecular formula is C22H15BrFNO3. The van der Waals surface area contributed by atoms with E-state index in [2.05, 4.69) is 21.2 Å². The highest BCUT2D eigenvalue weighted by Crippen LogP contribution is 2.23. The predicted octanol–water partition coefficient (Wildman–Crippen LogP) is 6.17. The summed E-state index contributed by atoms with van der Waals surface area (Å²) in [7, 11) is 0. The number of rotatable bonds is 5. The number of carbonyl (C=O) groups excluding carboxylic acids is 1. The number of hydrogen-bond donors (Lipinski definition) is 1. The number of fused-ring (bicyclic) bond motifs is 1. The highest BCUT2D eigenvalue weighted by atomic mass is 79.9. The van der Waals surface area contributed by atoms with E-state index >= 15 is 0 Å². The van der Waals surface area contributed by atoms with Gasteiger partial charge in [-0.3, -0.25) is 4.79 Å². The maximum absolute atomic E-state index is 13.9. The Morgan fingerprint density at radius 3 is 2.64 bits per heavy atom. The highest BCUT2D eigenvalue weighted by molar-refractivity contribution is 9.10. The number of amides is 1. The third-order valence-electron chi connectivity index (χ3n) is 4.17. The van der Waals surface area contributed by atoms with E-state index in [9.17, 15) is 9.18 Å². The maximum atomic E-state index is 13.9. The van der Waals surface area contributed by atoms with Crippen molar-refractivity contribution in [2.24, 2.45) is 0 Å². The SMILES string of the molecule is O=C(Nc1ccc(Br)cc1F)c1ccc(COc2ccc3ccccc3c2)o1. The number of anilines is 1. The normalized spacial score (nSPS) is 10.8. The van der Waals surface area contributed by atoms with Crippen LogP contribution in [0.3, 0.4) is 0 Å². The molecule has 0 aliphatic rings. The van der Waals surface area contributed by atoms with Gasteiger partial charge in [-0.2, -0.15) is 0 Å². The van der Waals surface area contributed by atoms with Crippen LogP contribution in [0.25, 0.3) is 10.8 Å². The third kappa shape index (κ3) is 4.07. The van der Waals surface area contributed by atoms with Gasteiger partial charge in [0.25, 0.3) is 5.91 Å². The van der Waals surface area contributed by atoms with Crippen LogP contribution in [0.4, 0.5) is 10.1 Å². The van der Waals surface area contributed by atoms with Gasteiger partial charge in [-0.25, -0.2) is 4.39 Å². The highest BCUT2D eigenvalue weighted by Gasteiger charge is 2.14. The molecule has 3 aromatic carbocycles. The van der Waals surface area contributed by atoms with E-state index in [1.54, 1.807) is 12.1 Å². The molecule has 0 radical (unpaired) electrons. The molecule has 4 aromatic rings. The van der Waals surface area contributed by atoms with Crippen molar-refractivity contribution in [3.05, 3.63) is 94.6 Å². The van der Waals surface area contributed by atoms with Crippen molar-refractivity contribution in [2.45, 2.75) is 6.61 Å². The molecule has 0 aliphatic carbocycles. The first kappa shape index (κ1) is 18.3. The summed E-state index contributed by atoms with van der Waals surface area (Å²) in [4.78, 5) is 12.3. The molecule has 0 saturated heterocycles. The zero-order chi connectivity index (χ0) is 19.5. The van der Waals surface area contributed by atoms with Crippen LogP contribution in [-0.2, 0) is 6.61 Å². The van der Waals surface area contributed by atoms with Crippen molar-refractivity contribution >= 4 is 38.3 Å². The van der Waals surface area contributed by atoms with Gasteiger partial charge in [0.05, 0.1) is 5.69 Å². The molecule has 140 valence electrons. The Morgan fingerprint density at radius 1 is 1.00 bits per heavy atom. The molecule has 4 rings (SSSR count). The van der Waals surface area contributed by atoms with E-state index in [0.717, 1.165) is 10.8 Å². The molecule has 0 saturated carbocycles. The quantitative estimate of drug-likeness (QED) is 0.404. The van der Waals surface area contributed by atoms with Gasteiger partial charge in [-0.05, 0) is 53.2 Å². The number of carbonyl (C=O) groups is 1. The number of benzene rings is 3. The molecule has 28 heavy (non-hydrogen) atoms. The van der Waals surface area contributed by atoms with Crippen molar-refractivity contribution in [1.82, 2.24) is 0 Å². The lowest BCUT2D eigenvalue weighted by Crippen LogP contribution is -2.12. The summed E-state index contributed by atoms with van der Waals surface area (Å²) in [6.45, 7) is 0.179. The first-order chi connectivity index (χ1) is 13.6. The van der Waals surface area contributed by atoms with Gasteiger partial charge in [0.15, 0.2) is 5.76 Å². The van der Waals surface area contributed by atoms with Crippen molar-refractivity contribution in [3.63, 3.8) is 0 Å². The Labute approximate surface area is 169 Å². The maximum Gasteiger partial charge on any atom is 0.291 e. The molecule has 0 aliphatic heterocycles. The second-order valence-corrected chi connectivity index (χ2v) is 7.06. The monoisotopic (exact) mass is 439 g/mol. The van der Waals surface area contributed by atoms with Crippen molar-refractivity contribution in [3.8, 4) is 5.75 Å². The van der Waals surface area contributed by atoms with Crippen LogP contribution in [-0.4, -0.2) is 5.91 Å². The molecule has 0 bridgehead atoms. The zero-order valence-corrected chi connectivity index (χ0v) is 16.2. The van der Waals surface area contributed by atoms with Crippen LogP contribution in [0.1, 0.15) is 16.3 Å². The lowest BCUT2D eigenvalue weighted by molar-refractivity contribution is 0.0992. The molecule has 0 spiro atoms. The summed E-state index contributed by atoms with van der Waals surface area (Å²) in [5, 5.41) is 4.70.